The quantitative estimate of drug-likeness (QED) is 0.866. The fourth-order valence-corrected chi connectivity index (χ4v) is 2.40. The Balaban J connectivity index is 2.22. The van der Waals surface area contributed by atoms with Crippen LogP contribution in [0.1, 0.15) is 27.4 Å². The van der Waals surface area contributed by atoms with Gasteiger partial charge in [0, 0.05) is 45.1 Å². The molecule has 0 radical (unpaired) electrons. The summed E-state index contributed by atoms with van der Waals surface area (Å²) >= 11 is 6.01. The van der Waals surface area contributed by atoms with E-state index in [1.807, 2.05) is 25.6 Å². The average Bonchev–Trinajstić information content (AvgIpc) is 2.82. The van der Waals surface area contributed by atoms with Gasteiger partial charge in [-0.15, -0.1) is 0 Å². The Hall–Kier alpha value is -1.82. The first kappa shape index (κ1) is 14.6. The van der Waals surface area contributed by atoms with Crippen LogP contribution in [-0.4, -0.2) is 37.4 Å². The normalized spacial score (nSPS) is 10.9. The fourth-order valence-electron chi connectivity index (χ4n) is 2.14. The molecule has 2 rings (SSSR count). The van der Waals surface area contributed by atoms with E-state index in [4.69, 9.17) is 11.6 Å². The lowest BCUT2D eigenvalue weighted by Gasteiger charge is -2.16. The van der Waals surface area contributed by atoms with Gasteiger partial charge in [-0.25, -0.2) is 0 Å². The standard InChI is InChI=1S/C13H18ClN5O/c1-8-10(9(2)19(5)15-8)6-17(3)13(20)12-11(14)7-18(4)16-12/h7H,6H2,1-5H3. The van der Waals surface area contributed by atoms with Gasteiger partial charge in [0.1, 0.15) is 0 Å². The van der Waals surface area contributed by atoms with Crippen LogP contribution in [0.25, 0.3) is 0 Å². The molecule has 1 amide bonds. The van der Waals surface area contributed by atoms with E-state index in [2.05, 4.69) is 10.2 Å². The van der Waals surface area contributed by atoms with E-state index in [-0.39, 0.29) is 11.6 Å². The largest absolute Gasteiger partial charge is 0.336 e. The third kappa shape index (κ3) is 2.56. The zero-order valence-electron chi connectivity index (χ0n) is 12.3. The maximum Gasteiger partial charge on any atom is 0.275 e. The van der Waals surface area contributed by atoms with E-state index in [0.717, 1.165) is 17.0 Å². The summed E-state index contributed by atoms with van der Waals surface area (Å²) in [5, 5.41) is 8.81. The molecule has 0 fully saturated rings. The van der Waals surface area contributed by atoms with Crippen molar-refractivity contribution in [3.63, 3.8) is 0 Å². The second-order valence-electron chi connectivity index (χ2n) is 4.93. The van der Waals surface area contributed by atoms with Crippen molar-refractivity contribution < 1.29 is 4.79 Å². The number of aromatic nitrogens is 4. The van der Waals surface area contributed by atoms with Crippen molar-refractivity contribution in [3.8, 4) is 0 Å². The Morgan fingerprint density at radius 3 is 2.45 bits per heavy atom. The van der Waals surface area contributed by atoms with Crippen LogP contribution in [0.5, 0.6) is 0 Å². The summed E-state index contributed by atoms with van der Waals surface area (Å²) in [5.41, 5.74) is 3.30. The van der Waals surface area contributed by atoms with Gasteiger partial charge in [0.05, 0.1) is 10.7 Å². The van der Waals surface area contributed by atoms with E-state index >= 15 is 0 Å². The van der Waals surface area contributed by atoms with Gasteiger partial charge in [-0.1, -0.05) is 11.6 Å². The molecule has 0 saturated heterocycles. The molecule has 0 spiro atoms. The van der Waals surface area contributed by atoms with E-state index in [9.17, 15) is 4.79 Å². The number of aryl methyl sites for hydroxylation is 3. The van der Waals surface area contributed by atoms with E-state index in [0.29, 0.717) is 11.6 Å². The van der Waals surface area contributed by atoms with Crippen LogP contribution in [-0.2, 0) is 20.6 Å². The van der Waals surface area contributed by atoms with E-state index < -0.39 is 0 Å². The Labute approximate surface area is 122 Å². The van der Waals surface area contributed by atoms with Crippen LogP contribution in [0.15, 0.2) is 6.20 Å². The van der Waals surface area contributed by atoms with Gasteiger partial charge in [0.2, 0.25) is 0 Å². The zero-order valence-corrected chi connectivity index (χ0v) is 13.1. The monoisotopic (exact) mass is 295 g/mol. The molecule has 2 aromatic rings. The average molecular weight is 296 g/mol. The van der Waals surface area contributed by atoms with Crippen LogP contribution >= 0.6 is 11.6 Å². The smallest absolute Gasteiger partial charge is 0.275 e. The van der Waals surface area contributed by atoms with Gasteiger partial charge in [-0.3, -0.25) is 14.2 Å². The van der Waals surface area contributed by atoms with Crippen molar-refractivity contribution in [2.24, 2.45) is 14.1 Å². The van der Waals surface area contributed by atoms with Crippen molar-refractivity contribution in [1.29, 1.82) is 0 Å². The minimum absolute atomic E-state index is 0.196. The first-order valence-electron chi connectivity index (χ1n) is 6.25. The van der Waals surface area contributed by atoms with Gasteiger partial charge < -0.3 is 4.90 Å². The lowest BCUT2D eigenvalue weighted by Crippen LogP contribution is -2.27. The fraction of sp³-hybridized carbons (Fsp3) is 0.462. The Kier molecular flexibility index (Phi) is 3.85. The number of nitrogens with zero attached hydrogens (tertiary/aromatic N) is 5. The Morgan fingerprint density at radius 1 is 1.35 bits per heavy atom. The molecule has 0 aliphatic rings. The second-order valence-corrected chi connectivity index (χ2v) is 5.34. The summed E-state index contributed by atoms with van der Waals surface area (Å²) in [6.07, 6.45) is 1.61. The van der Waals surface area contributed by atoms with Gasteiger partial charge >= 0.3 is 0 Å². The summed E-state index contributed by atoms with van der Waals surface area (Å²) in [5.74, 6) is -0.196. The predicted molar refractivity (Wildman–Crippen MR) is 76.7 cm³/mol. The molecule has 108 valence electrons. The number of carbonyl (C=O) groups is 1. The topological polar surface area (TPSA) is 56.0 Å². The number of carbonyl (C=O) groups excluding carboxylic acids is 1. The number of hydrogen-bond acceptors (Lipinski definition) is 3. The highest BCUT2D eigenvalue weighted by Gasteiger charge is 2.21. The van der Waals surface area contributed by atoms with Crippen molar-refractivity contribution in [2.45, 2.75) is 20.4 Å². The summed E-state index contributed by atoms with van der Waals surface area (Å²) in [7, 11) is 5.36. The summed E-state index contributed by atoms with van der Waals surface area (Å²) in [6, 6.07) is 0. The Morgan fingerprint density at radius 2 is 2.00 bits per heavy atom. The SMILES string of the molecule is Cc1nn(C)c(C)c1CN(C)C(=O)c1nn(C)cc1Cl. The second kappa shape index (κ2) is 5.28. The lowest BCUT2D eigenvalue weighted by molar-refractivity contribution is 0.0778. The zero-order chi connectivity index (χ0) is 15.0. The summed E-state index contributed by atoms with van der Waals surface area (Å²) in [6.45, 7) is 4.41. The number of hydrogen-bond donors (Lipinski definition) is 0. The minimum atomic E-state index is -0.196. The highest BCUT2D eigenvalue weighted by molar-refractivity contribution is 6.33. The molecule has 0 aliphatic heterocycles. The van der Waals surface area contributed by atoms with Gasteiger partial charge in [0.25, 0.3) is 5.91 Å². The summed E-state index contributed by atoms with van der Waals surface area (Å²) < 4.78 is 3.35. The first-order valence-corrected chi connectivity index (χ1v) is 6.62. The van der Waals surface area contributed by atoms with Crippen LogP contribution < -0.4 is 0 Å². The molecule has 2 heterocycles. The number of amides is 1. The molecule has 0 N–H and O–H groups in total. The van der Waals surface area contributed by atoms with Crippen LogP contribution in [0.3, 0.4) is 0 Å². The Bertz CT molecular complexity index is 658. The van der Waals surface area contributed by atoms with Crippen molar-refractivity contribution >= 4 is 17.5 Å². The number of halogens is 1. The van der Waals surface area contributed by atoms with E-state index in [1.165, 1.54) is 4.68 Å². The third-order valence-electron chi connectivity index (χ3n) is 3.39. The molecule has 0 aliphatic carbocycles. The molecule has 2 aromatic heterocycles. The first-order chi connectivity index (χ1) is 9.31. The van der Waals surface area contributed by atoms with Crippen LogP contribution in [0, 0.1) is 13.8 Å². The number of rotatable bonds is 3. The molecule has 6 nitrogen and oxygen atoms in total. The molecule has 0 bridgehead atoms. The minimum Gasteiger partial charge on any atom is -0.336 e. The molecule has 0 atom stereocenters. The highest BCUT2D eigenvalue weighted by atomic mass is 35.5. The van der Waals surface area contributed by atoms with Gasteiger partial charge in [-0.05, 0) is 13.8 Å². The molecular weight excluding hydrogens is 278 g/mol. The molecule has 20 heavy (non-hydrogen) atoms. The highest BCUT2D eigenvalue weighted by Crippen LogP contribution is 2.18. The van der Waals surface area contributed by atoms with Crippen LogP contribution in [0.2, 0.25) is 5.02 Å². The molecular formula is C13H18ClN5O. The molecule has 0 aromatic carbocycles. The van der Waals surface area contributed by atoms with E-state index in [1.54, 1.807) is 25.2 Å². The van der Waals surface area contributed by atoms with Crippen LogP contribution in [0.4, 0.5) is 0 Å². The van der Waals surface area contributed by atoms with Crippen molar-refractivity contribution in [1.82, 2.24) is 24.5 Å². The van der Waals surface area contributed by atoms with Crippen molar-refractivity contribution in [3.05, 3.63) is 33.9 Å². The molecule has 0 unspecified atom stereocenters. The third-order valence-corrected chi connectivity index (χ3v) is 3.66. The lowest BCUT2D eigenvalue weighted by atomic mass is 10.2. The maximum atomic E-state index is 12.4. The maximum absolute atomic E-state index is 12.4. The molecule has 0 saturated carbocycles. The van der Waals surface area contributed by atoms with Gasteiger partial charge in [0.15, 0.2) is 5.69 Å². The predicted octanol–water partition coefficient (Wildman–Crippen LogP) is 1.70. The molecule has 7 heteroatoms. The van der Waals surface area contributed by atoms with Gasteiger partial charge in [-0.2, -0.15) is 10.2 Å². The summed E-state index contributed by atoms with van der Waals surface area (Å²) in [4.78, 5) is 14.0. The van der Waals surface area contributed by atoms with Crippen molar-refractivity contribution in [2.75, 3.05) is 7.05 Å².